The van der Waals surface area contributed by atoms with E-state index in [9.17, 15) is 4.79 Å². The van der Waals surface area contributed by atoms with Gasteiger partial charge >= 0.3 is 0 Å². The van der Waals surface area contributed by atoms with Crippen molar-refractivity contribution in [3.63, 3.8) is 0 Å². The number of rotatable bonds is 7. The van der Waals surface area contributed by atoms with Gasteiger partial charge in [-0.2, -0.15) is 0 Å². The molecular weight excluding hydrogens is 234 g/mol. The van der Waals surface area contributed by atoms with Crippen LogP contribution < -0.4 is 10.5 Å². The lowest BCUT2D eigenvalue weighted by atomic mass is 10.5. The summed E-state index contributed by atoms with van der Waals surface area (Å²) in [5.41, 5.74) is -0.0374. The molecule has 6 heteroatoms. The number of hydrogen-bond donors (Lipinski definition) is 1. The van der Waals surface area contributed by atoms with E-state index in [0.717, 1.165) is 12.8 Å². The van der Waals surface area contributed by atoms with E-state index in [1.165, 1.54) is 0 Å². The number of hydrogen-bond acceptors (Lipinski definition) is 5. The summed E-state index contributed by atoms with van der Waals surface area (Å²) in [6.45, 7) is 1.39. The highest BCUT2D eigenvalue weighted by Gasteiger charge is 2.25. The van der Waals surface area contributed by atoms with Crippen LogP contribution in [0.2, 0.25) is 0 Å². The second-order valence-corrected chi connectivity index (χ2v) is 4.45. The lowest BCUT2D eigenvalue weighted by Crippen LogP contribution is -2.32. The molecule has 0 amide bonds. The molecule has 1 heterocycles. The molecule has 18 heavy (non-hydrogen) atoms. The summed E-state index contributed by atoms with van der Waals surface area (Å²) in [4.78, 5) is 18.1. The maximum atomic E-state index is 12.2. The Morgan fingerprint density at radius 2 is 2.33 bits per heavy atom. The molecule has 1 N–H and O–H groups in total. The average molecular weight is 253 g/mol. The first kappa shape index (κ1) is 13.0. The Hall–Kier alpha value is -1.40. The largest absolute Gasteiger partial charge is 0.394 e. The number of ether oxygens (including phenoxy) is 1. The summed E-state index contributed by atoms with van der Waals surface area (Å²) >= 11 is 0. The van der Waals surface area contributed by atoms with Gasteiger partial charge in [-0.05, 0) is 12.8 Å². The van der Waals surface area contributed by atoms with Crippen LogP contribution in [0.15, 0.2) is 17.2 Å². The number of anilines is 1. The molecule has 0 atom stereocenters. The standard InChI is InChI=1S/C12H19N3O3/c1-14(6-8-18-9-7-16)11-12(17)15(5-4-13-11)10-2-3-10/h4-5,10,16H,2-3,6-9H2,1H3. The third kappa shape index (κ3) is 3.08. The molecule has 0 saturated heterocycles. The molecule has 0 bridgehead atoms. The van der Waals surface area contributed by atoms with E-state index in [4.69, 9.17) is 9.84 Å². The van der Waals surface area contributed by atoms with E-state index < -0.39 is 0 Å². The Balaban J connectivity index is 1.99. The second kappa shape index (κ2) is 5.97. The van der Waals surface area contributed by atoms with Crippen molar-refractivity contribution in [2.75, 3.05) is 38.3 Å². The van der Waals surface area contributed by atoms with Crippen LogP contribution in [-0.4, -0.2) is 48.1 Å². The van der Waals surface area contributed by atoms with Gasteiger partial charge in [-0.1, -0.05) is 0 Å². The van der Waals surface area contributed by atoms with Crippen molar-refractivity contribution in [3.05, 3.63) is 22.7 Å². The van der Waals surface area contributed by atoms with Crippen molar-refractivity contribution in [2.45, 2.75) is 18.9 Å². The van der Waals surface area contributed by atoms with Crippen LogP contribution in [-0.2, 0) is 4.74 Å². The molecule has 0 aliphatic heterocycles. The van der Waals surface area contributed by atoms with Gasteiger partial charge in [0.05, 0.1) is 19.8 Å². The first-order chi connectivity index (χ1) is 8.74. The SMILES string of the molecule is CN(CCOCCO)c1nccn(C2CC2)c1=O. The molecule has 1 aliphatic rings. The Kier molecular flexibility index (Phi) is 4.33. The first-order valence-electron chi connectivity index (χ1n) is 6.21. The van der Waals surface area contributed by atoms with Crippen molar-refractivity contribution in [1.82, 2.24) is 9.55 Å². The molecule has 0 unspecified atom stereocenters. The zero-order valence-electron chi connectivity index (χ0n) is 10.6. The lowest BCUT2D eigenvalue weighted by molar-refractivity contribution is 0.0970. The summed E-state index contributed by atoms with van der Waals surface area (Å²) in [6.07, 6.45) is 5.57. The minimum Gasteiger partial charge on any atom is -0.394 e. The lowest BCUT2D eigenvalue weighted by Gasteiger charge is -2.18. The molecule has 100 valence electrons. The average Bonchev–Trinajstić information content (AvgIpc) is 3.19. The quantitative estimate of drug-likeness (QED) is 0.694. The van der Waals surface area contributed by atoms with Gasteiger partial charge in [0, 0.05) is 32.0 Å². The minimum absolute atomic E-state index is 0.0157. The van der Waals surface area contributed by atoms with Crippen molar-refractivity contribution < 1.29 is 9.84 Å². The Bertz CT molecular complexity index is 442. The smallest absolute Gasteiger partial charge is 0.293 e. The Morgan fingerprint density at radius 3 is 3.00 bits per heavy atom. The highest BCUT2D eigenvalue weighted by Crippen LogP contribution is 2.33. The summed E-state index contributed by atoms with van der Waals surface area (Å²) in [6, 6.07) is 0.360. The van der Waals surface area contributed by atoms with Gasteiger partial charge in [-0.25, -0.2) is 4.98 Å². The number of nitrogens with zero attached hydrogens (tertiary/aromatic N) is 3. The molecule has 1 fully saturated rings. The van der Waals surface area contributed by atoms with Gasteiger partial charge < -0.3 is 19.3 Å². The Morgan fingerprint density at radius 1 is 1.56 bits per heavy atom. The van der Waals surface area contributed by atoms with Crippen LogP contribution in [0.4, 0.5) is 5.82 Å². The van der Waals surface area contributed by atoms with E-state index in [1.807, 2.05) is 7.05 Å². The van der Waals surface area contributed by atoms with Gasteiger partial charge in [0.2, 0.25) is 0 Å². The molecule has 1 aromatic heterocycles. The molecule has 2 rings (SSSR count). The number of likely N-dealkylation sites (N-methyl/N-ethyl adjacent to an activating group) is 1. The van der Waals surface area contributed by atoms with Crippen LogP contribution in [0, 0.1) is 0 Å². The van der Waals surface area contributed by atoms with E-state index in [0.29, 0.717) is 31.6 Å². The van der Waals surface area contributed by atoms with E-state index in [1.54, 1.807) is 21.9 Å². The monoisotopic (exact) mass is 253 g/mol. The highest BCUT2D eigenvalue weighted by molar-refractivity contribution is 5.34. The molecule has 1 aliphatic carbocycles. The van der Waals surface area contributed by atoms with Crippen LogP contribution in [0.1, 0.15) is 18.9 Å². The summed E-state index contributed by atoms with van der Waals surface area (Å²) in [7, 11) is 1.82. The molecule has 0 radical (unpaired) electrons. The minimum atomic E-state index is -0.0374. The molecule has 1 aromatic rings. The maximum Gasteiger partial charge on any atom is 0.293 e. The zero-order chi connectivity index (χ0) is 13.0. The van der Waals surface area contributed by atoms with Crippen molar-refractivity contribution in [2.24, 2.45) is 0 Å². The third-order valence-electron chi connectivity index (χ3n) is 2.96. The van der Waals surface area contributed by atoms with E-state index in [-0.39, 0.29) is 12.2 Å². The normalized spacial score (nSPS) is 14.8. The van der Waals surface area contributed by atoms with Gasteiger partial charge in [0.1, 0.15) is 0 Å². The van der Waals surface area contributed by atoms with Crippen LogP contribution in [0.25, 0.3) is 0 Å². The topological polar surface area (TPSA) is 67.6 Å². The van der Waals surface area contributed by atoms with Crippen LogP contribution in [0.3, 0.4) is 0 Å². The predicted molar refractivity (Wildman–Crippen MR) is 67.9 cm³/mol. The number of aliphatic hydroxyl groups excluding tert-OH is 1. The zero-order valence-corrected chi connectivity index (χ0v) is 10.6. The molecule has 6 nitrogen and oxygen atoms in total. The van der Waals surface area contributed by atoms with E-state index in [2.05, 4.69) is 4.98 Å². The van der Waals surface area contributed by atoms with Crippen molar-refractivity contribution in [3.8, 4) is 0 Å². The second-order valence-electron chi connectivity index (χ2n) is 4.45. The summed E-state index contributed by atoms with van der Waals surface area (Å²) in [5, 5.41) is 8.59. The Labute approximate surface area is 106 Å². The fourth-order valence-corrected chi connectivity index (χ4v) is 1.79. The fourth-order valence-electron chi connectivity index (χ4n) is 1.79. The summed E-state index contributed by atoms with van der Waals surface area (Å²) < 4.78 is 6.93. The number of aromatic nitrogens is 2. The maximum absolute atomic E-state index is 12.2. The van der Waals surface area contributed by atoms with E-state index >= 15 is 0 Å². The van der Waals surface area contributed by atoms with Gasteiger partial charge in [-0.15, -0.1) is 0 Å². The van der Waals surface area contributed by atoms with Crippen LogP contribution in [0.5, 0.6) is 0 Å². The van der Waals surface area contributed by atoms with Crippen LogP contribution >= 0.6 is 0 Å². The third-order valence-corrected chi connectivity index (χ3v) is 2.96. The first-order valence-corrected chi connectivity index (χ1v) is 6.21. The number of aliphatic hydroxyl groups is 1. The molecular formula is C12H19N3O3. The molecule has 0 spiro atoms. The van der Waals surface area contributed by atoms with Crippen molar-refractivity contribution in [1.29, 1.82) is 0 Å². The molecule has 1 saturated carbocycles. The highest BCUT2D eigenvalue weighted by atomic mass is 16.5. The van der Waals surface area contributed by atoms with Gasteiger partial charge in [0.15, 0.2) is 5.82 Å². The van der Waals surface area contributed by atoms with Gasteiger partial charge in [-0.3, -0.25) is 4.79 Å². The predicted octanol–water partition coefficient (Wildman–Crippen LogP) is 0.0233. The molecule has 0 aromatic carbocycles. The summed E-state index contributed by atoms with van der Waals surface area (Å²) in [5.74, 6) is 0.456. The van der Waals surface area contributed by atoms with Gasteiger partial charge in [0.25, 0.3) is 5.56 Å². The fraction of sp³-hybridized carbons (Fsp3) is 0.667. The van der Waals surface area contributed by atoms with Crippen molar-refractivity contribution >= 4 is 5.82 Å².